The van der Waals surface area contributed by atoms with E-state index in [0.717, 1.165) is 75.5 Å². The van der Waals surface area contributed by atoms with E-state index in [1.807, 2.05) is 0 Å². The molecule has 2 unspecified atom stereocenters. The van der Waals surface area contributed by atoms with Gasteiger partial charge in [0.1, 0.15) is 13.2 Å². The second-order valence-corrected chi connectivity index (χ2v) is 19.1. The number of carbonyl (C=O) groups excluding carboxylic acids is 3. The van der Waals surface area contributed by atoms with Gasteiger partial charge in [-0.25, -0.2) is 0 Å². The van der Waals surface area contributed by atoms with E-state index < -0.39 is 6.10 Å². The smallest absolute Gasteiger partial charge is 0.306 e. The lowest BCUT2D eigenvalue weighted by Crippen LogP contribution is -2.30. The predicted molar refractivity (Wildman–Crippen MR) is 252 cm³/mol. The Kier molecular flexibility index (Phi) is 43.3. The van der Waals surface area contributed by atoms with Gasteiger partial charge in [-0.05, 0) is 37.0 Å². The van der Waals surface area contributed by atoms with Crippen LogP contribution in [0, 0.1) is 17.8 Å². The highest BCUT2D eigenvalue weighted by atomic mass is 16.6. The minimum Gasteiger partial charge on any atom is -0.462 e. The topological polar surface area (TPSA) is 78.9 Å². The molecule has 0 bridgehead atoms. The molecule has 350 valence electrons. The standard InChI is InChI=1S/C53H102O6/c1-7-48(5)40-34-28-22-15-13-11-9-10-12-14-16-24-30-36-42-51(54)57-45-50(59-53(56)44-38-32-26-19-17-21-27-33-39-47(3)4)46-58-52(55)43-37-31-25-20-18-23-29-35-41-49(6)8-2/h47-50H,7-46H2,1-6H3/t48?,49?,50-/m0/s1. The molecule has 0 radical (unpaired) electrons. The molecule has 0 fully saturated rings. The zero-order valence-electron chi connectivity index (χ0n) is 40.5. The van der Waals surface area contributed by atoms with Crippen molar-refractivity contribution in [1.29, 1.82) is 0 Å². The Hall–Kier alpha value is -1.59. The number of ether oxygens (including phenoxy) is 3. The molecule has 0 aliphatic carbocycles. The van der Waals surface area contributed by atoms with Gasteiger partial charge < -0.3 is 14.2 Å². The molecule has 0 aromatic carbocycles. The Morgan fingerprint density at radius 1 is 0.339 bits per heavy atom. The molecule has 0 aromatic heterocycles. The summed E-state index contributed by atoms with van der Waals surface area (Å²) in [6.07, 6.45) is 43.7. The molecule has 6 nitrogen and oxygen atoms in total. The number of carbonyl (C=O) groups is 3. The van der Waals surface area contributed by atoms with Crippen molar-refractivity contribution >= 4 is 17.9 Å². The fourth-order valence-electron chi connectivity index (χ4n) is 7.87. The molecule has 0 amide bonds. The third-order valence-corrected chi connectivity index (χ3v) is 12.6. The van der Waals surface area contributed by atoms with Gasteiger partial charge in [-0.1, -0.05) is 247 Å². The molecular weight excluding hydrogens is 733 g/mol. The monoisotopic (exact) mass is 835 g/mol. The summed E-state index contributed by atoms with van der Waals surface area (Å²) < 4.78 is 16.8. The summed E-state index contributed by atoms with van der Waals surface area (Å²) in [5.74, 6) is 1.68. The Balaban J connectivity index is 4.28. The van der Waals surface area contributed by atoms with E-state index in [1.54, 1.807) is 0 Å². The van der Waals surface area contributed by atoms with Crippen LogP contribution in [0.1, 0.15) is 286 Å². The van der Waals surface area contributed by atoms with Crippen molar-refractivity contribution < 1.29 is 28.6 Å². The molecule has 59 heavy (non-hydrogen) atoms. The number of hydrogen-bond acceptors (Lipinski definition) is 6. The van der Waals surface area contributed by atoms with E-state index in [1.165, 1.54) is 167 Å². The summed E-state index contributed by atoms with van der Waals surface area (Å²) in [7, 11) is 0. The molecule has 0 aliphatic heterocycles. The van der Waals surface area contributed by atoms with Gasteiger partial charge in [0.05, 0.1) is 0 Å². The second-order valence-electron chi connectivity index (χ2n) is 19.1. The normalized spacial score (nSPS) is 13.1. The molecule has 0 aliphatic rings. The summed E-state index contributed by atoms with van der Waals surface area (Å²) in [5, 5.41) is 0. The minimum atomic E-state index is -0.763. The molecule has 0 N–H and O–H groups in total. The van der Waals surface area contributed by atoms with Crippen LogP contribution >= 0.6 is 0 Å². The highest BCUT2D eigenvalue weighted by Crippen LogP contribution is 2.18. The second kappa shape index (κ2) is 44.5. The number of esters is 3. The van der Waals surface area contributed by atoms with Gasteiger partial charge in [-0.15, -0.1) is 0 Å². The molecule has 0 heterocycles. The van der Waals surface area contributed by atoms with Gasteiger partial charge in [-0.3, -0.25) is 14.4 Å². The van der Waals surface area contributed by atoms with Crippen LogP contribution in [0.25, 0.3) is 0 Å². The molecule has 0 rings (SSSR count). The van der Waals surface area contributed by atoms with E-state index in [2.05, 4.69) is 41.5 Å². The van der Waals surface area contributed by atoms with Gasteiger partial charge >= 0.3 is 17.9 Å². The third kappa shape index (κ3) is 44.3. The lowest BCUT2D eigenvalue weighted by molar-refractivity contribution is -0.167. The van der Waals surface area contributed by atoms with Crippen LogP contribution in [0.5, 0.6) is 0 Å². The molecule has 0 saturated heterocycles. The van der Waals surface area contributed by atoms with Gasteiger partial charge in [0.2, 0.25) is 0 Å². The van der Waals surface area contributed by atoms with Crippen molar-refractivity contribution in [3.63, 3.8) is 0 Å². The first-order valence-corrected chi connectivity index (χ1v) is 26.2. The first-order chi connectivity index (χ1) is 28.7. The van der Waals surface area contributed by atoms with Crippen molar-refractivity contribution in [2.24, 2.45) is 17.8 Å². The Bertz CT molecular complexity index is 918. The largest absolute Gasteiger partial charge is 0.462 e. The van der Waals surface area contributed by atoms with Crippen molar-refractivity contribution in [2.75, 3.05) is 13.2 Å². The highest BCUT2D eigenvalue weighted by molar-refractivity contribution is 5.71. The van der Waals surface area contributed by atoms with Crippen molar-refractivity contribution in [1.82, 2.24) is 0 Å². The van der Waals surface area contributed by atoms with Crippen LogP contribution in [0.2, 0.25) is 0 Å². The number of rotatable bonds is 46. The van der Waals surface area contributed by atoms with Gasteiger partial charge in [0.25, 0.3) is 0 Å². The summed E-state index contributed by atoms with van der Waals surface area (Å²) >= 11 is 0. The van der Waals surface area contributed by atoms with Crippen LogP contribution in [-0.4, -0.2) is 37.2 Å². The lowest BCUT2D eigenvalue weighted by Gasteiger charge is -2.18. The molecule has 3 atom stereocenters. The summed E-state index contributed by atoms with van der Waals surface area (Å²) in [5.41, 5.74) is 0. The zero-order chi connectivity index (χ0) is 43.4. The van der Waals surface area contributed by atoms with Crippen molar-refractivity contribution in [2.45, 2.75) is 292 Å². The quantitative estimate of drug-likeness (QED) is 0.0345. The van der Waals surface area contributed by atoms with Crippen LogP contribution in [-0.2, 0) is 28.6 Å². The number of unbranched alkanes of at least 4 members (excludes halogenated alkanes) is 27. The van der Waals surface area contributed by atoms with Gasteiger partial charge in [0.15, 0.2) is 6.10 Å². The zero-order valence-corrected chi connectivity index (χ0v) is 40.5. The molecular formula is C53H102O6. The Morgan fingerprint density at radius 3 is 0.881 bits per heavy atom. The first kappa shape index (κ1) is 57.4. The molecule has 0 spiro atoms. The van der Waals surface area contributed by atoms with Crippen LogP contribution < -0.4 is 0 Å². The lowest BCUT2D eigenvalue weighted by atomic mass is 9.99. The van der Waals surface area contributed by atoms with Crippen molar-refractivity contribution in [3.8, 4) is 0 Å². The van der Waals surface area contributed by atoms with E-state index >= 15 is 0 Å². The fraction of sp³-hybridized carbons (Fsp3) is 0.943. The summed E-state index contributed by atoms with van der Waals surface area (Å²) in [6, 6.07) is 0. The first-order valence-electron chi connectivity index (χ1n) is 26.2. The Labute approximate surface area is 368 Å². The van der Waals surface area contributed by atoms with E-state index in [9.17, 15) is 14.4 Å². The molecule has 0 saturated carbocycles. The summed E-state index contributed by atoms with van der Waals surface area (Å²) in [6.45, 7) is 13.7. The average Bonchev–Trinajstić information content (AvgIpc) is 3.22. The third-order valence-electron chi connectivity index (χ3n) is 12.6. The van der Waals surface area contributed by atoms with Crippen LogP contribution in [0.4, 0.5) is 0 Å². The van der Waals surface area contributed by atoms with Crippen molar-refractivity contribution in [3.05, 3.63) is 0 Å². The SMILES string of the molecule is CCC(C)CCCCCCCCCCCCCCCCC(=O)OC[C@@H](COC(=O)CCCCCCCCCCC(C)CC)OC(=O)CCCCCCCCCCC(C)C. The van der Waals surface area contributed by atoms with Gasteiger partial charge in [0, 0.05) is 19.3 Å². The maximum Gasteiger partial charge on any atom is 0.306 e. The highest BCUT2D eigenvalue weighted by Gasteiger charge is 2.19. The Morgan fingerprint density at radius 2 is 0.593 bits per heavy atom. The minimum absolute atomic E-state index is 0.0652. The maximum absolute atomic E-state index is 12.8. The van der Waals surface area contributed by atoms with E-state index in [4.69, 9.17) is 14.2 Å². The van der Waals surface area contributed by atoms with E-state index in [-0.39, 0.29) is 31.1 Å². The average molecular weight is 835 g/mol. The summed E-state index contributed by atoms with van der Waals surface area (Å²) in [4.78, 5) is 37.9. The van der Waals surface area contributed by atoms with E-state index in [0.29, 0.717) is 19.3 Å². The van der Waals surface area contributed by atoms with Crippen LogP contribution in [0.15, 0.2) is 0 Å². The van der Waals surface area contributed by atoms with Gasteiger partial charge in [-0.2, -0.15) is 0 Å². The fourth-order valence-corrected chi connectivity index (χ4v) is 7.87. The van der Waals surface area contributed by atoms with Crippen LogP contribution in [0.3, 0.4) is 0 Å². The molecule has 0 aromatic rings. The predicted octanol–water partition coefficient (Wildman–Crippen LogP) is 16.8. The molecule has 6 heteroatoms. The maximum atomic E-state index is 12.8. The number of hydrogen-bond donors (Lipinski definition) is 0.